The molecule has 3 rings (SSSR count). The quantitative estimate of drug-likeness (QED) is 0.744. The fraction of sp³-hybridized carbons (Fsp3) is 0.300. The lowest BCUT2D eigenvalue weighted by molar-refractivity contribution is 0.476. The Labute approximate surface area is 111 Å². The van der Waals surface area contributed by atoms with Crippen molar-refractivity contribution in [3.05, 3.63) is 14.8 Å². The number of hydrogen-bond donors (Lipinski definition) is 1. The summed E-state index contributed by atoms with van der Waals surface area (Å²) in [6.45, 7) is 0.931. The van der Waals surface area contributed by atoms with Gasteiger partial charge in [0, 0.05) is 6.54 Å². The van der Waals surface area contributed by atoms with Gasteiger partial charge >= 0.3 is 0 Å². The van der Waals surface area contributed by atoms with Gasteiger partial charge in [0.2, 0.25) is 0 Å². The van der Waals surface area contributed by atoms with Crippen molar-refractivity contribution < 1.29 is 5.11 Å². The summed E-state index contributed by atoms with van der Waals surface area (Å²) in [7, 11) is 5.94. The normalized spacial score (nSPS) is 14.6. The molecule has 0 atom stereocenters. The molecule has 1 aromatic carbocycles. The Morgan fingerprint density at radius 2 is 2.12 bits per heavy atom. The Hall–Kier alpha value is -0.485. The lowest BCUT2D eigenvalue weighted by Gasteiger charge is -2.19. The van der Waals surface area contributed by atoms with Gasteiger partial charge in [0.15, 0.2) is 4.73 Å². The largest absolute Gasteiger partial charge is 0.507 e. The van der Waals surface area contributed by atoms with E-state index in [1.54, 1.807) is 0 Å². The molecule has 0 spiro atoms. The number of benzene rings is 1. The summed E-state index contributed by atoms with van der Waals surface area (Å²) in [6.07, 6.45) is 1.91. The summed E-state index contributed by atoms with van der Waals surface area (Å²) in [5.41, 5.74) is 3.27. The standard InChI is InChI=1S/C10H7BBr2N2O/c11-5-4-2-1-3-15-8(4)7(14-10(15)13)6(12)9(5)16/h16H,1-3H2. The van der Waals surface area contributed by atoms with Crippen LogP contribution < -0.4 is 5.46 Å². The van der Waals surface area contributed by atoms with E-state index in [4.69, 9.17) is 7.85 Å². The van der Waals surface area contributed by atoms with Crippen LogP contribution in [0.4, 0.5) is 0 Å². The number of phenols is 1. The second-order valence-electron chi connectivity index (χ2n) is 3.89. The molecule has 2 heterocycles. The van der Waals surface area contributed by atoms with Gasteiger partial charge in [0.05, 0.1) is 9.99 Å². The monoisotopic (exact) mass is 340 g/mol. The summed E-state index contributed by atoms with van der Waals surface area (Å²) in [6, 6.07) is 0. The second-order valence-corrected chi connectivity index (χ2v) is 5.39. The third-order valence-electron chi connectivity index (χ3n) is 3.01. The molecule has 0 saturated heterocycles. The molecule has 0 aliphatic carbocycles. The molecule has 1 aromatic heterocycles. The average molecular weight is 342 g/mol. The van der Waals surface area contributed by atoms with E-state index in [0.717, 1.165) is 40.7 Å². The van der Waals surface area contributed by atoms with Gasteiger partial charge in [-0.2, -0.15) is 0 Å². The summed E-state index contributed by atoms with van der Waals surface area (Å²) in [5.74, 6) is 0.0987. The minimum atomic E-state index is 0.0987. The first-order chi connectivity index (χ1) is 7.61. The lowest BCUT2D eigenvalue weighted by Crippen LogP contribution is -2.18. The van der Waals surface area contributed by atoms with E-state index in [9.17, 15) is 5.11 Å². The van der Waals surface area contributed by atoms with Crippen molar-refractivity contribution in [1.82, 2.24) is 9.55 Å². The number of aromatic nitrogens is 2. The molecule has 1 aliphatic rings. The summed E-state index contributed by atoms with van der Waals surface area (Å²) >= 11 is 6.77. The van der Waals surface area contributed by atoms with Crippen molar-refractivity contribution in [3.8, 4) is 5.75 Å². The molecule has 0 unspecified atom stereocenters. The predicted octanol–water partition coefficient (Wildman–Crippen LogP) is 2.01. The van der Waals surface area contributed by atoms with Gasteiger partial charge in [-0.1, -0.05) is 0 Å². The fourth-order valence-corrected chi connectivity index (χ4v) is 3.28. The molecule has 1 N–H and O–H groups in total. The van der Waals surface area contributed by atoms with Crippen molar-refractivity contribution in [2.24, 2.45) is 0 Å². The van der Waals surface area contributed by atoms with E-state index in [0.29, 0.717) is 9.94 Å². The zero-order chi connectivity index (χ0) is 11.4. The fourth-order valence-electron chi connectivity index (χ4n) is 2.26. The topological polar surface area (TPSA) is 38.1 Å². The summed E-state index contributed by atoms with van der Waals surface area (Å²) < 4.78 is 3.45. The van der Waals surface area contributed by atoms with Crippen LogP contribution in [-0.2, 0) is 13.0 Å². The van der Waals surface area contributed by atoms with E-state index >= 15 is 0 Å². The van der Waals surface area contributed by atoms with Crippen molar-refractivity contribution in [2.75, 3.05) is 0 Å². The smallest absolute Gasteiger partial charge is 0.178 e. The third kappa shape index (κ3) is 1.23. The average Bonchev–Trinajstić information content (AvgIpc) is 2.63. The summed E-state index contributed by atoms with van der Waals surface area (Å²) in [4.78, 5) is 4.40. The minimum Gasteiger partial charge on any atom is -0.507 e. The van der Waals surface area contributed by atoms with Crippen LogP contribution >= 0.6 is 31.9 Å². The number of hydrogen-bond acceptors (Lipinski definition) is 2. The number of aromatic hydroxyl groups is 1. The Balaban J connectivity index is 2.57. The first-order valence-electron chi connectivity index (χ1n) is 4.95. The first kappa shape index (κ1) is 10.7. The van der Waals surface area contributed by atoms with E-state index in [1.165, 1.54) is 0 Å². The van der Waals surface area contributed by atoms with Gasteiger partial charge in [-0.05, 0) is 55.7 Å². The third-order valence-corrected chi connectivity index (χ3v) is 4.37. The number of rotatable bonds is 0. The van der Waals surface area contributed by atoms with Gasteiger partial charge in [0.1, 0.15) is 19.1 Å². The maximum absolute atomic E-state index is 9.90. The maximum Gasteiger partial charge on any atom is 0.178 e. The highest BCUT2D eigenvalue weighted by molar-refractivity contribution is 9.11. The van der Waals surface area contributed by atoms with Crippen LogP contribution in [0, 0.1) is 0 Å². The van der Waals surface area contributed by atoms with Crippen LogP contribution in [0.25, 0.3) is 11.0 Å². The molecule has 0 saturated carbocycles. The minimum absolute atomic E-state index is 0.0987. The van der Waals surface area contributed by atoms with Crippen LogP contribution in [0.3, 0.4) is 0 Å². The highest BCUT2D eigenvalue weighted by Gasteiger charge is 2.23. The number of nitrogens with zero attached hydrogens (tertiary/aromatic N) is 2. The van der Waals surface area contributed by atoms with Gasteiger partial charge in [-0.3, -0.25) is 0 Å². The van der Waals surface area contributed by atoms with Crippen LogP contribution in [0.1, 0.15) is 12.0 Å². The van der Waals surface area contributed by atoms with Crippen LogP contribution in [0.2, 0.25) is 0 Å². The molecule has 6 heteroatoms. The Morgan fingerprint density at radius 3 is 2.88 bits per heavy atom. The second kappa shape index (κ2) is 3.50. The van der Waals surface area contributed by atoms with E-state index in [1.807, 2.05) is 0 Å². The van der Waals surface area contributed by atoms with E-state index in [2.05, 4.69) is 41.4 Å². The molecule has 80 valence electrons. The van der Waals surface area contributed by atoms with Crippen LogP contribution in [-0.4, -0.2) is 22.5 Å². The number of halogens is 2. The first-order valence-corrected chi connectivity index (χ1v) is 6.54. The summed E-state index contributed by atoms with van der Waals surface area (Å²) in [5, 5.41) is 9.90. The number of aryl methyl sites for hydroxylation is 2. The molecule has 3 nitrogen and oxygen atoms in total. The molecule has 2 radical (unpaired) electrons. The highest BCUT2D eigenvalue weighted by Crippen LogP contribution is 2.36. The molecular weight excluding hydrogens is 335 g/mol. The van der Waals surface area contributed by atoms with Crippen molar-refractivity contribution in [1.29, 1.82) is 0 Å². The zero-order valence-corrected chi connectivity index (χ0v) is 11.5. The molecule has 2 aromatic rings. The van der Waals surface area contributed by atoms with Gasteiger partial charge < -0.3 is 9.67 Å². The molecule has 0 bridgehead atoms. The molecule has 16 heavy (non-hydrogen) atoms. The van der Waals surface area contributed by atoms with Crippen LogP contribution in [0.5, 0.6) is 5.75 Å². The van der Waals surface area contributed by atoms with E-state index in [-0.39, 0.29) is 5.75 Å². The Bertz CT molecular complexity index is 609. The molecule has 0 amide bonds. The van der Waals surface area contributed by atoms with E-state index < -0.39 is 0 Å². The predicted molar refractivity (Wildman–Crippen MR) is 70.5 cm³/mol. The number of phenolic OH excluding ortho intramolecular Hbond substituents is 1. The van der Waals surface area contributed by atoms with Crippen molar-refractivity contribution in [2.45, 2.75) is 19.4 Å². The van der Waals surface area contributed by atoms with Gasteiger partial charge in [0.25, 0.3) is 0 Å². The van der Waals surface area contributed by atoms with Gasteiger partial charge in [-0.15, -0.1) is 0 Å². The van der Waals surface area contributed by atoms with Crippen molar-refractivity contribution in [3.63, 3.8) is 0 Å². The Kier molecular flexibility index (Phi) is 2.33. The lowest BCUT2D eigenvalue weighted by atomic mass is 9.85. The highest BCUT2D eigenvalue weighted by atomic mass is 79.9. The van der Waals surface area contributed by atoms with Gasteiger partial charge in [-0.25, -0.2) is 4.98 Å². The Morgan fingerprint density at radius 1 is 1.38 bits per heavy atom. The van der Waals surface area contributed by atoms with Crippen LogP contribution in [0.15, 0.2) is 9.21 Å². The zero-order valence-electron chi connectivity index (χ0n) is 8.30. The molecule has 1 aliphatic heterocycles. The molecular formula is C10H7BBr2N2O. The number of imidazole rings is 1. The SMILES string of the molecule is [B]c1c(O)c(Br)c2nc(Br)n3c2c1CCC3. The molecule has 0 fully saturated rings. The maximum atomic E-state index is 9.90. The van der Waals surface area contributed by atoms with Crippen molar-refractivity contribution >= 4 is 56.2 Å².